The zero-order chi connectivity index (χ0) is 12.1. The molecule has 1 aromatic rings. The lowest BCUT2D eigenvalue weighted by Gasteiger charge is -2.32. The van der Waals surface area contributed by atoms with Gasteiger partial charge in [0.05, 0.1) is 6.04 Å². The third-order valence-electron chi connectivity index (χ3n) is 3.46. The summed E-state index contributed by atoms with van der Waals surface area (Å²) in [7, 11) is 0. The Labute approximate surface area is 103 Å². The van der Waals surface area contributed by atoms with Gasteiger partial charge in [0.1, 0.15) is 0 Å². The first-order valence-electron chi connectivity index (χ1n) is 6.58. The summed E-state index contributed by atoms with van der Waals surface area (Å²) in [5, 5.41) is 4.27. The van der Waals surface area contributed by atoms with E-state index in [0.717, 1.165) is 38.8 Å². The van der Waals surface area contributed by atoms with Crippen LogP contribution < -0.4 is 0 Å². The molecule has 1 aliphatic heterocycles. The topological polar surface area (TPSA) is 38.1 Å². The van der Waals surface area contributed by atoms with Crippen LogP contribution in [-0.4, -0.2) is 33.7 Å². The van der Waals surface area contributed by atoms with Crippen molar-refractivity contribution in [1.82, 2.24) is 14.7 Å². The average molecular weight is 235 g/mol. The molecular weight excluding hydrogens is 214 g/mol. The number of rotatable bonds is 4. The molecule has 17 heavy (non-hydrogen) atoms. The molecule has 1 aromatic heterocycles. The van der Waals surface area contributed by atoms with Crippen LogP contribution in [0.15, 0.2) is 18.5 Å². The summed E-state index contributed by atoms with van der Waals surface area (Å²) in [6.07, 6.45) is 8.70. The van der Waals surface area contributed by atoms with E-state index in [1.165, 1.54) is 0 Å². The van der Waals surface area contributed by atoms with Crippen LogP contribution in [0.25, 0.3) is 0 Å². The summed E-state index contributed by atoms with van der Waals surface area (Å²) in [6.45, 7) is 3.89. The Hall–Kier alpha value is -1.32. The number of unbranched alkanes of at least 4 members (excludes halogenated alkanes) is 1. The maximum Gasteiger partial charge on any atom is 0.222 e. The lowest BCUT2D eigenvalue weighted by atomic mass is 10.0. The Morgan fingerprint density at radius 3 is 2.76 bits per heavy atom. The molecule has 0 radical (unpaired) electrons. The molecular formula is C13H21N3O. The predicted molar refractivity (Wildman–Crippen MR) is 66.6 cm³/mol. The monoisotopic (exact) mass is 235 g/mol. The molecule has 0 bridgehead atoms. The minimum absolute atomic E-state index is 0.325. The highest BCUT2D eigenvalue weighted by atomic mass is 16.2. The van der Waals surface area contributed by atoms with E-state index < -0.39 is 0 Å². The Kier molecular flexibility index (Phi) is 4.18. The minimum atomic E-state index is 0.325. The van der Waals surface area contributed by atoms with Gasteiger partial charge in [-0.2, -0.15) is 5.10 Å². The van der Waals surface area contributed by atoms with Gasteiger partial charge in [-0.05, 0) is 25.3 Å². The Balaban J connectivity index is 1.80. The summed E-state index contributed by atoms with van der Waals surface area (Å²) in [4.78, 5) is 13.9. The fraction of sp³-hybridized carbons (Fsp3) is 0.692. The Morgan fingerprint density at radius 2 is 2.18 bits per heavy atom. The van der Waals surface area contributed by atoms with Crippen LogP contribution in [0, 0.1) is 0 Å². The standard InChI is InChI=1S/C13H21N3O/c1-2-3-5-13(17)15-10-6-12(7-11-15)16-9-4-8-14-16/h4,8-9,12H,2-3,5-7,10-11H2,1H3. The van der Waals surface area contributed by atoms with Crippen molar-refractivity contribution in [3.63, 3.8) is 0 Å². The van der Waals surface area contributed by atoms with Crippen molar-refractivity contribution in [1.29, 1.82) is 0 Å². The minimum Gasteiger partial charge on any atom is -0.343 e. The Morgan fingerprint density at radius 1 is 1.41 bits per heavy atom. The Bertz CT molecular complexity index is 340. The van der Waals surface area contributed by atoms with E-state index in [1.807, 2.05) is 28.0 Å². The van der Waals surface area contributed by atoms with Gasteiger partial charge in [-0.1, -0.05) is 13.3 Å². The number of carbonyl (C=O) groups is 1. The van der Waals surface area contributed by atoms with Crippen molar-refractivity contribution < 1.29 is 4.79 Å². The third-order valence-corrected chi connectivity index (χ3v) is 3.46. The highest BCUT2D eigenvalue weighted by Crippen LogP contribution is 2.22. The van der Waals surface area contributed by atoms with Crippen molar-refractivity contribution in [2.45, 2.75) is 45.1 Å². The molecule has 2 heterocycles. The maximum atomic E-state index is 11.9. The summed E-state index contributed by atoms with van der Waals surface area (Å²) < 4.78 is 2.02. The number of likely N-dealkylation sites (tertiary alicyclic amines) is 1. The predicted octanol–water partition coefficient (Wildman–Crippen LogP) is 2.24. The summed E-state index contributed by atoms with van der Waals surface area (Å²) >= 11 is 0. The van der Waals surface area contributed by atoms with E-state index >= 15 is 0 Å². The van der Waals surface area contributed by atoms with Crippen LogP contribution >= 0.6 is 0 Å². The number of hydrogen-bond donors (Lipinski definition) is 0. The highest BCUT2D eigenvalue weighted by Gasteiger charge is 2.23. The van der Waals surface area contributed by atoms with E-state index in [9.17, 15) is 4.79 Å². The van der Waals surface area contributed by atoms with E-state index in [-0.39, 0.29) is 0 Å². The second kappa shape index (κ2) is 5.84. The first-order valence-corrected chi connectivity index (χ1v) is 6.58. The molecule has 0 aliphatic carbocycles. The van der Waals surface area contributed by atoms with Gasteiger partial charge in [-0.25, -0.2) is 0 Å². The lowest BCUT2D eigenvalue weighted by molar-refractivity contribution is -0.132. The number of hydrogen-bond acceptors (Lipinski definition) is 2. The molecule has 0 saturated carbocycles. The molecule has 0 atom stereocenters. The third kappa shape index (κ3) is 3.08. The van der Waals surface area contributed by atoms with Gasteiger partial charge in [0.15, 0.2) is 0 Å². The molecule has 1 aliphatic rings. The second-order valence-electron chi connectivity index (χ2n) is 4.70. The first-order chi connectivity index (χ1) is 8.31. The van der Waals surface area contributed by atoms with Gasteiger partial charge < -0.3 is 4.90 Å². The number of aromatic nitrogens is 2. The average Bonchev–Trinajstić information content (AvgIpc) is 2.90. The highest BCUT2D eigenvalue weighted by molar-refractivity contribution is 5.76. The smallest absolute Gasteiger partial charge is 0.222 e. The van der Waals surface area contributed by atoms with Crippen LogP contribution in [0.5, 0.6) is 0 Å². The van der Waals surface area contributed by atoms with Crippen molar-refractivity contribution >= 4 is 5.91 Å². The zero-order valence-corrected chi connectivity index (χ0v) is 10.5. The normalized spacial score (nSPS) is 17.4. The summed E-state index contributed by atoms with van der Waals surface area (Å²) in [5.74, 6) is 0.325. The van der Waals surface area contributed by atoms with Crippen molar-refractivity contribution in [2.75, 3.05) is 13.1 Å². The quantitative estimate of drug-likeness (QED) is 0.802. The molecule has 1 amide bonds. The molecule has 1 saturated heterocycles. The number of carbonyl (C=O) groups excluding carboxylic acids is 1. The molecule has 94 valence electrons. The van der Waals surface area contributed by atoms with E-state index in [2.05, 4.69) is 12.0 Å². The van der Waals surface area contributed by atoms with Gasteiger partial charge in [-0.3, -0.25) is 9.48 Å². The van der Waals surface area contributed by atoms with Gasteiger partial charge in [0.25, 0.3) is 0 Å². The van der Waals surface area contributed by atoms with Crippen molar-refractivity contribution in [3.8, 4) is 0 Å². The van der Waals surface area contributed by atoms with Crippen LogP contribution in [0.1, 0.15) is 45.1 Å². The molecule has 0 aromatic carbocycles. The van der Waals surface area contributed by atoms with Crippen LogP contribution in [0.4, 0.5) is 0 Å². The number of nitrogens with zero attached hydrogens (tertiary/aromatic N) is 3. The largest absolute Gasteiger partial charge is 0.343 e. The fourth-order valence-corrected chi connectivity index (χ4v) is 2.36. The van der Waals surface area contributed by atoms with Crippen LogP contribution in [0.3, 0.4) is 0 Å². The lowest BCUT2D eigenvalue weighted by Crippen LogP contribution is -2.39. The van der Waals surface area contributed by atoms with Gasteiger partial charge in [-0.15, -0.1) is 0 Å². The van der Waals surface area contributed by atoms with E-state index in [0.29, 0.717) is 18.4 Å². The molecule has 0 N–H and O–H groups in total. The SMILES string of the molecule is CCCCC(=O)N1CCC(n2cccn2)CC1. The number of piperidine rings is 1. The van der Waals surface area contributed by atoms with Gasteiger partial charge in [0.2, 0.25) is 5.91 Å². The van der Waals surface area contributed by atoms with Crippen LogP contribution in [0.2, 0.25) is 0 Å². The molecule has 0 spiro atoms. The van der Waals surface area contributed by atoms with Gasteiger partial charge >= 0.3 is 0 Å². The van der Waals surface area contributed by atoms with Crippen LogP contribution in [-0.2, 0) is 4.79 Å². The summed E-state index contributed by atoms with van der Waals surface area (Å²) in [6, 6.07) is 2.43. The summed E-state index contributed by atoms with van der Waals surface area (Å²) in [5.41, 5.74) is 0. The maximum absolute atomic E-state index is 11.9. The first kappa shape index (κ1) is 12.1. The second-order valence-corrected chi connectivity index (χ2v) is 4.70. The van der Waals surface area contributed by atoms with E-state index in [4.69, 9.17) is 0 Å². The molecule has 1 fully saturated rings. The van der Waals surface area contributed by atoms with E-state index in [1.54, 1.807) is 0 Å². The fourth-order valence-electron chi connectivity index (χ4n) is 2.36. The molecule has 4 nitrogen and oxygen atoms in total. The molecule has 2 rings (SSSR count). The van der Waals surface area contributed by atoms with Gasteiger partial charge in [0, 0.05) is 31.9 Å². The zero-order valence-electron chi connectivity index (χ0n) is 10.5. The molecule has 4 heteroatoms. The van der Waals surface area contributed by atoms with Crippen molar-refractivity contribution in [3.05, 3.63) is 18.5 Å². The number of amides is 1. The molecule has 0 unspecified atom stereocenters. The van der Waals surface area contributed by atoms with Crippen molar-refractivity contribution in [2.24, 2.45) is 0 Å².